The Labute approximate surface area is 386 Å². The third-order valence-electron chi connectivity index (χ3n) is 10.8. The summed E-state index contributed by atoms with van der Waals surface area (Å²) in [4.78, 5) is 125. The summed E-state index contributed by atoms with van der Waals surface area (Å²) in [5.74, 6) is -7.49. The number of rotatable bonds is 30. The van der Waals surface area contributed by atoms with Gasteiger partial charge in [0, 0.05) is 49.1 Å². The second kappa shape index (κ2) is 28.0. The number of carboxylic acids is 1. The number of phenols is 1. The lowest BCUT2D eigenvalue weighted by atomic mass is 9.92. The molecule has 0 radical (unpaired) electrons. The molecule has 14 N–H and O–H groups in total. The van der Waals surface area contributed by atoms with Gasteiger partial charge in [-0.3, -0.25) is 48.4 Å². The van der Waals surface area contributed by atoms with Gasteiger partial charge in [-0.05, 0) is 68.6 Å². The first-order valence-corrected chi connectivity index (χ1v) is 23.0. The predicted octanol–water partition coefficient (Wildman–Crippen LogP) is -1.46. The van der Waals surface area contributed by atoms with Crippen molar-refractivity contribution in [2.24, 2.45) is 17.6 Å². The summed E-state index contributed by atoms with van der Waals surface area (Å²) in [6, 6.07) is 1.82. The molecule has 23 nitrogen and oxygen atoms in total. The fourth-order valence-corrected chi connectivity index (χ4v) is 8.97. The van der Waals surface area contributed by atoms with Crippen LogP contribution >= 0.6 is 11.8 Å². The number of urea groups is 1. The number of primary amides is 1. The van der Waals surface area contributed by atoms with Crippen molar-refractivity contribution >= 4 is 71.0 Å². The van der Waals surface area contributed by atoms with Gasteiger partial charge in [0.05, 0.1) is 25.2 Å². The third-order valence-corrected chi connectivity index (χ3v) is 12.4. The van der Waals surface area contributed by atoms with Gasteiger partial charge in [-0.2, -0.15) is 11.8 Å². The number of aliphatic carboxylic acids is 1. The number of carbonyl (C=O) groups is 10. The van der Waals surface area contributed by atoms with Gasteiger partial charge in [0.2, 0.25) is 47.3 Å². The van der Waals surface area contributed by atoms with Crippen LogP contribution in [-0.2, 0) is 49.6 Å². The minimum Gasteiger partial charge on any atom is -0.508 e. The summed E-state index contributed by atoms with van der Waals surface area (Å²) in [5.41, 5.74) is 7.41. The zero-order valence-electron chi connectivity index (χ0n) is 37.2. The Morgan fingerprint density at radius 3 is 2.12 bits per heavy atom. The molecule has 1 unspecified atom stereocenters. The fourth-order valence-electron chi connectivity index (χ4n) is 7.42. The molecular weight excluding hydrogens is 885 g/mol. The zero-order valence-corrected chi connectivity index (χ0v) is 38.0. The van der Waals surface area contributed by atoms with E-state index in [1.165, 1.54) is 29.7 Å². The predicted molar refractivity (Wildman–Crippen MR) is 238 cm³/mol. The highest BCUT2D eigenvalue weighted by Crippen LogP contribution is 2.33. The van der Waals surface area contributed by atoms with Crippen LogP contribution in [0, 0.1) is 11.8 Å². The Morgan fingerprint density at radius 1 is 0.758 bits per heavy atom. The number of fused-ring (bicyclic) bond motifs is 1. The molecule has 2 aliphatic rings. The molecule has 0 saturated carbocycles. The minimum atomic E-state index is -1.49. The number of carbonyl (C=O) groups excluding carboxylic acids is 9. The van der Waals surface area contributed by atoms with Crippen molar-refractivity contribution in [3.8, 4) is 5.75 Å². The minimum absolute atomic E-state index is 0.0780. The lowest BCUT2D eigenvalue weighted by molar-refractivity contribution is -0.139. The summed E-state index contributed by atoms with van der Waals surface area (Å²) in [6.45, 7) is 2.67. The number of benzene rings is 1. The van der Waals surface area contributed by atoms with Crippen LogP contribution < -0.4 is 53.7 Å². The smallest absolute Gasteiger partial charge is 0.315 e. The Kier molecular flexibility index (Phi) is 23.0. The first-order chi connectivity index (χ1) is 31.3. The monoisotopic (exact) mass is 948 g/mol. The van der Waals surface area contributed by atoms with Gasteiger partial charge >= 0.3 is 12.0 Å². The highest BCUT2D eigenvalue weighted by Gasteiger charge is 2.42. The Hall–Kier alpha value is -6.17. The molecule has 2 aliphatic heterocycles. The van der Waals surface area contributed by atoms with E-state index in [4.69, 9.17) is 10.9 Å². The van der Waals surface area contributed by atoms with E-state index < -0.39 is 104 Å². The number of nitrogens with one attached hydrogen (secondary N) is 9. The van der Waals surface area contributed by atoms with Crippen LogP contribution in [0.3, 0.4) is 0 Å². The maximum Gasteiger partial charge on any atom is 0.315 e. The standard InChI is InChI=1S/C42H64N10O13S/c1-23(2)17-25(19-33(55)52-65)39(61)48-28(14-15-36(58)59)41(63)49-29(18-24-10-12-26(53)13-11-24)40(62)46-20-34(56)45-21-35(57)47-27(38(43)60)7-5-6-16-44-32(54)9-4-3-8-31-37-30(22-66-31)50-42(64)51-37/h10-13,23,25,27-31,37,53,65H,3-9,14-22H2,1-2H3,(H2,43,60)(H,44,54)(H,45,56)(H,46,62)(H,47,57)(H,48,61)(H,49,63)(H,52,55)(H,58,59)(H2,50,51,64)/t25?,27-,28-,29-,30-,31-,37-/m0/s1. The largest absolute Gasteiger partial charge is 0.508 e. The molecule has 0 bridgehead atoms. The number of amides is 10. The molecule has 2 saturated heterocycles. The van der Waals surface area contributed by atoms with E-state index in [1.807, 2.05) is 11.8 Å². The number of hydrogen-bond acceptors (Lipinski definition) is 13. The average Bonchev–Trinajstić information content (AvgIpc) is 3.82. The number of nitrogens with two attached hydrogens (primary N) is 1. The van der Waals surface area contributed by atoms with Crippen molar-refractivity contribution in [1.29, 1.82) is 0 Å². The number of unbranched alkanes of at least 4 members (excludes halogenated alkanes) is 2. The summed E-state index contributed by atoms with van der Waals surface area (Å²) in [7, 11) is 0. The first-order valence-electron chi connectivity index (χ1n) is 22.0. The molecular formula is C42H64N10O13S. The SMILES string of the molecule is CC(C)CC(CC(=O)NO)C(=O)N[C@@H](CCC(=O)O)C(=O)N[C@@H](Cc1ccc(O)cc1)C(=O)NCC(=O)NCC(=O)N[C@@H](CCCCNC(=O)CCCC[C@@H]1SC[C@@H]2NC(=O)N[C@@H]21)C(N)=O. The lowest BCUT2D eigenvalue weighted by Crippen LogP contribution is -2.56. The van der Waals surface area contributed by atoms with E-state index in [0.29, 0.717) is 43.0 Å². The number of hydrogen-bond donors (Lipinski definition) is 13. The second-order valence-electron chi connectivity index (χ2n) is 16.7. The van der Waals surface area contributed by atoms with Gasteiger partial charge in [0.15, 0.2) is 0 Å². The topological polar surface area (TPSA) is 366 Å². The number of phenolic OH excluding ortho intramolecular Hbond substituents is 1. The molecule has 66 heavy (non-hydrogen) atoms. The molecule has 10 amide bonds. The Morgan fingerprint density at radius 2 is 1.45 bits per heavy atom. The van der Waals surface area contributed by atoms with Crippen LogP contribution in [0.2, 0.25) is 0 Å². The molecule has 366 valence electrons. The van der Waals surface area contributed by atoms with Crippen molar-refractivity contribution in [3.63, 3.8) is 0 Å². The van der Waals surface area contributed by atoms with E-state index in [9.17, 15) is 58.2 Å². The summed E-state index contributed by atoms with van der Waals surface area (Å²) in [6.07, 6.45) is 2.54. The van der Waals surface area contributed by atoms with E-state index in [-0.39, 0.29) is 55.0 Å². The van der Waals surface area contributed by atoms with Gasteiger partial charge < -0.3 is 58.5 Å². The maximum absolute atomic E-state index is 13.6. The van der Waals surface area contributed by atoms with Crippen LogP contribution in [0.4, 0.5) is 4.79 Å². The number of aromatic hydroxyl groups is 1. The van der Waals surface area contributed by atoms with Crippen molar-refractivity contribution in [2.45, 2.75) is 126 Å². The van der Waals surface area contributed by atoms with Gasteiger partial charge in [0.1, 0.15) is 23.9 Å². The maximum atomic E-state index is 13.6. The zero-order chi connectivity index (χ0) is 48.8. The Bertz CT molecular complexity index is 1870. The lowest BCUT2D eigenvalue weighted by Gasteiger charge is -2.25. The molecule has 1 aromatic rings. The van der Waals surface area contributed by atoms with Gasteiger partial charge in [-0.15, -0.1) is 0 Å². The van der Waals surface area contributed by atoms with E-state index in [2.05, 4.69) is 42.5 Å². The van der Waals surface area contributed by atoms with Gasteiger partial charge in [0.25, 0.3) is 0 Å². The van der Waals surface area contributed by atoms with Crippen LogP contribution in [0.1, 0.15) is 90.0 Å². The van der Waals surface area contributed by atoms with Crippen LogP contribution in [0.15, 0.2) is 24.3 Å². The van der Waals surface area contributed by atoms with Crippen molar-refractivity contribution in [3.05, 3.63) is 29.8 Å². The van der Waals surface area contributed by atoms with Crippen LogP contribution in [0.5, 0.6) is 5.75 Å². The van der Waals surface area contributed by atoms with Gasteiger partial charge in [-0.25, -0.2) is 10.3 Å². The molecule has 2 heterocycles. The van der Waals surface area contributed by atoms with Crippen molar-refractivity contribution in [2.75, 3.05) is 25.4 Å². The van der Waals surface area contributed by atoms with Crippen LogP contribution in [0.25, 0.3) is 0 Å². The molecule has 0 aromatic heterocycles. The summed E-state index contributed by atoms with van der Waals surface area (Å²) in [5, 5.41) is 49.2. The number of hydroxylamine groups is 1. The normalized spacial score (nSPS) is 17.9. The second-order valence-corrected chi connectivity index (χ2v) is 18.0. The van der Waals surface area contributed by atoms with E-state index in [0.717, 1.165) is 18.6 Å². The molecule has 1 aromatic carbocycles. The number of thioether (sulfide) groups is 1. The summed E-state index contributed by atoms with van der Waals surface area (Å²) < 4.78 is 0. The summed E-state index contributed by atoms with van der Waals surface area (Å²) >= 11 is 1.82. The first kappa shape index (κ1) is 54.2. The van der Waals surface area contributed by atoms with E-state index >= 15 is 0 Å². The molecule has 0 spiro atoms. The number of carboxylic acid groups (broad SMARTS) is 1. The van der Waals surface area contributed by atoms with E-state index in [1.54, 1.807) is 13.8 Å². The average molecular weight is 949 g/mol. The Balaban J connectivity index is 1.46. The van der Waals surface area contributed by atoms with Crippen molar-refractivity contribution in [1.82, 2.24) is 48.0 Å². The highest BCUT2D eigenvalue weighted by molar-refractivity contribution is 8.00. The molecule has 2 fully saturated rings. The molecule has 0 aliphatic carbocycles. The highest BCUT2D eigenvalue weighted by atomic mass is 32.2. The molecule has 7 atom stereocenters. The van der Waals surface area contributed by atoms with Gasteiger partial charge in [-0.1, -0.05) is 32.4 Å². The van der Waals surface area contributed by atoms with Crippen molar-refractivity contribution < 1.29 is 63.4 Å². The fraction of sp³-hybridized carbons (Fsp3) is 0.619. The molecule has 3 rings (SSSR count). The third kappa shape index (κ3) is 19.9. The quantitative estimate of drug-likeness (QED) is 0.0182. The van der Waals surface area contributed by atoms with Crippen LogP contribution in [-0.4, -0.2) is 136 Å². The molecule has 24 heteroatoms.